The summed E-state index contributed by atoms with van der Waals surface area (Å²) in [4.78, 5) is 10.7. The minimum absolute atomic E-state index is 0.0690. The van der Waals surface area contributed by atoms with Crippen molar-refractivity contribution in [3.63, 3.8) is 0 Å². The fraction of sp³-hybridized carbons (Fsp3) is 0.417. The minimum atomic E-state index is -6.16. The van der Waals surface area contributed by atoms with Crippen molar-refractivity contribution >= 4 is 6.29 Å². The highest BCUT2D eigenvalue weighted by molar-refractivity contribution is 5.79. The number of carbonyl (C=O) groups excluding carboxylic acids is 1. The van der Waals surface area contributed by atoms with Crippen molar-refractivity contribution in [2.75, 3.05) is 0 Å². The van der Waals surface area contributed by atoms with Crippen LogP contribution in [0.5, 0.6) is 0 Å². The van der Waals surface area contributed by atoms with Crippen molar-refractivity contribution in [2.45, 2.75) is 31.9 Å². The molecule has 0 N–H and O–H groups in total. The zero-order valence-corrected chi connectivity index (χ0v) is 10.3. The van der Waals surface area contributed by atoms with E-state index < -0.39 is 23.6 Å². The molecule has 0 aliphatic heterocycles. The zero-order valence-electron chi connectivity index (χ0n) is 10.3. The monoisotopic (exact) mass is 302 g/mol. The molecule has 1 nitrogen and oxygen atoms in total. The summed E-state index contributed by atoms with van der Waals surface area (Å²) >= 11 is 0. The van der Waals surface area contributed by atoms with Crippen molar-refractivity contribution in [3.05, 3.63) is 34.4 Å². The summed E-state index contributed by atoms with van der Waals surface area (Å²) in [7, 11) is 0. The molecule has 0 aliphatic carbocycles. The van der Waals surface area contributed by atoms with Crippen LogP contribution in [-0.4, -0.2) is 18.6 Å². The Bertz CT molecular complexity index is 491. The van der Waals surface area contributed by atoms with Gasteiger partial charge in [0.1, 0.15) is 0 Å². The fourth-order valence-electron chi connectivity index (χ4n) is 1.85. The van der Waals surface area contributed by atoms with Gasteiger partial charge in [-0.05, 0) is 25.0 Å². The molecule has 8 heteroatoms. The fourth-order valence-corrected chi connectivity index (χ4v) is 1.85. The van der Waals surface area contributed by atoms with Crippen LogP contribution >= 0.6 is 0 Å². The molecule has 0 heterocycles. The van der Waals surface area contributed by atoms with Crippen LogP contribution in [0.15, 0.2) is 12.1 Å². The van der Waals surface area contributed by atoms with Crippen LogP contribution in [0.1, 0.15) is 27.0 Å². The molecule has 1 aromatic carbocycles. The molecule has 0 fully saturated rings. The first-order chi connectivity index (χ1) is 8.86. The third-order valence-electron chi connectivity index (χ3n) is 2.89. The number of aldehydes is 1. The lowest BCUT2D eigenvalue weighted by Crippen LogP contribution is -2.50. The van der Waals surface area contributed by atoms with Gasteiger partial charge in [-0.1, -0.05) is 12.1 Å². The van der Waals surface area contributed by atoms with E-state index in [0.717, 1.165) is 13.8 Å². The molecule has 0 saturated carbocycles. The summed E-state index contributed by atoms with van der Waals surface area (Å²) in [5, 5.41) is 0. The van der Waals surface area contributed by atoms with E-state index in [-0.39, 0.29) is 23.0 Å². The molecular weight excluding hydrogens is 293 g/mol. The molecule has 20 heavy (non-hydrogen) atoms. The van der Waals surface area contributed by atoms with E-state index in [9.17, 15) is 35.5 Å². The molecule has 0 unspecified atom stereocenters. The number of carbonyl (C=O) groups is 1. The highest BCUT2D eigenvalue weighted by atomic mass is 19.4. The van der Waals surface area contributed by atoms with E-state index in [4.69, 9.17) is 0 Å². The van der Waals surface area contributed by atoms with Crippen LogP contribution in [0.2, 0.25) is 0 Å². The smallest absolute Gasteiger partial charge is 0.298 e. The number of aryl methyl sites for hydroxylation is 2. The third-order valence-corrected chi connectivity index (χ3v) is 2.89. The van der Waals surface area contributed by atoms with E-state index in [1.807, 2.05) is 0 Å². The van der Waals surface area contributed by atoms with Gasteiger partial charge in [0.05, 0.1) is 0 Å². The van der Waals surface area contributed by atoms with Crippen molar-refractivity contribution in [2.24, 2.45) is 0 Å². The number of hydrogen-bond donors (Lipinski definition) is 0. The Balaban J connectivity index is 3.65. The van der Waals surface area contributed by atoms with Crippen LogP contribution in [0.25, 0.3) is 0 Å². The summed E-state index contributed by atoms with van der Waals surface area (Å²) in [5.74, 6) is 0. The standard InChI is InChI=1S/C12H9F7O/c1-6-3-8(4-7(2)9(6)5-20)10(13,11(14,15)16)12(17,18)19/h3-5H,1-2H3. The summed E-state index contributed by atoms with van der Waals surface area (Å²) in [6.07, 6.45) is -12.0. The van der Waals surface area contributed by atoms with Crippen molar-refractivity contribution in [1.29, 1.82) is 0 Å². The van der Waals surface area contributed by atoms with Gasteiger partial charge in [0.15, 0.2) is 6.29 Å². The Labute approximate surface area is 109 Å². The van der Waals surface area contributed by atoms with Gasteiger partial charge in [-0.25, -0.2) is 4.39 Å². The number of halogens is 7. The van der Waals surface area contributed by atoms with Gasteiger partial charge in [0.2, 0.25) is 0 Å². The molecule has 0 saturated heterocycles. The Morgan fingerprint density at radius 3 is 1.45 bits per heavy atom. The predicted octanol–water partition coefficient (Wildman–Crippen LogP) is 4.41. The van der Waals surface area contributed by atoms with Gasteiger partial charge in [-0.3, -0.25) is 4.79 Å². The van der Waals surface area contributed by atoms with Crippen molar-refractivity contribution in [1.82, 2.24) is 0 Å². The van der Waals surface area contributed by atoms with Crippen molar-refractivity contribution in [3.8, 4) is 0 Å². The molecular formula is C12H9F7O. The maximum Gasteiger partial charge on any atom is 0.435 e. The van der Waals surface area contributed by atoms with Gasteiger partial charge in [-0.15, -0.1) is 0 Å². The summed E-state index contributed by atoms with van der Waals surface area (Å²) in [6.45, 7) is 2.26. The lowest BCUT2D eigenvalue weighted by molar-refractivity contribution is -0.348. The number of hydrogen-bond acceptors (Lipinski definition) is 1. The van der Waals surface area contributed by atoms with Gasteiger partial charge < -0.3 is 0 Å². The summed E-state index contributed by atoms with van der Waals surface area (Å²) in [5.41, 5.74) is -7.45. The molecule has 0 radical (unpaired) electrons. The first-order valence-corrected chi connectivity index (χ1v) is 5.25. The second-order valence-corrected chi connectivity index (χ2v) is 4.30. The molecule has 0 bridgehead atoms. The molecule has 1 aromatic rings. The number of alkyl halides is 7. The van der Waals surface area contributed by atoms with Crippen LogP contribution in [0.3, 0.4) is 0 Å². The first kappa shape index (κ1) is 16.5. The van der Waals surface area contributed by atoms with Crippen LogP contribution in [-0.2, 0) is 5.67 Å². The lowest BCUT2D eigenvalue weighted by Gasteiger charge is -2.31. The van der Waals surface area contributed by atoms with E-state index in [1.54, 1.807) is 0 Å². The van der Waals surface area contributed by atoms with Crippen molar-refractivity contribution < 1.29 is 35.5 Å². The first-order valence-electron chi connectivity index (χ1n) is 5.25. The highest BCUT2D eigenvalue weighted by Crippen LogP contribution is 2.53. The lowest BCUT2D eigenvalue weighted by atomic mass is 9.89. The summed E-state index contributed by atoms with van der Waals surface area (Å²) in [6, 6.07) is 0.773. The van der Waals surface area contributed by atoms with E-state index >= 15 is 0 Å². The van der Waals surface area contributed by atoms with Crippen LogP contribution in [0.4, 0.5) is 30.7 Å². The molecule has 0 amide bonds. The number of benzene rings is 1. The molecule has 112 valence electrons. The molecule has 0 spiro atoms. The Morgan fingerprint density at radius 1 is 0.850 bits per heavy atom. The van der Waals surface area contributed by atoms with E-state index in [2.05, 4.69) is 0 Å². The third kappa shape index (κ3) is 2.38. The Hall–Kier alpha value is -1.60. The normalized spacial score (nSPS) is 13.4. The average molecular weight is 302 g/mol. The van der Waals surface area contributed by atoms with Gasteiger partial charge in [-0.2, -0.15) is 26.3 Å². The number of rotatable bonds is 2. The SMILES string of the molecule is Cc1cc(C(F)(C(F)(F)F)C(F)(F)F)cc(C)c1C=O. The maximum absolute atomic E-state index is 13.8. The van der Waals surface area contributed by atoms with Gasteiger partial charge in [0, 0.05) is 11.1 Å². The maximum atomic E-state index is 13.8. The zero-order chi connectivity index (χ0) is 15.9. The van der Waals surface area contributed by atoms with Crippen LogP contribution in [0, 0.1) is 13.8 Å². The van der Waals surface area contributed by atoms with Crippen LogP contribution < -0.4 is 0 Å². The second-order valence-electron chi connectivity index (χ2n) is 4.30. The second kappa shape index (κ2) is 4.75. The molecule has 1 rings (SSSR count). The quantitative estimate of drug-likeness (QED) is 0.584. The largest absolute Gasteiger partial charge is 0.435 e. The van der Waals surface area contributed by atoms with Gasteiger partial charge in [0.25, 0.3) is 0 Å². The predicted molar refractivity (Wildman–Crippen MR) is 56.2 cm³/mol. The topological polar surface area (TPSA) is 17.1 Å². The van der Waals surface area contributed by atoms with E-state index in [0.29, 0.717) is 12.1 Å². The Morgan fingerprint density at radius 2 is 1.20 bits per heavy atom. The highest BCUT2D eigenvalue weighted by Gasteiger charge is 2.73. The minimum Gasteiger partial charge on any atom is -0.298 e. The average Bonchev–Trinajstić information content (AvgIpc) is 2.24. The van der Waals surface area contributed by atoms with E-state index in [1.165, 1.54) is 0 Å². The molecule has 0 aliphatic rings. The molecule has 0 atom stereocenters. The summed E-state index contributed by atoms with van der Waals surface area (Å²) < 4.78 is 89.2. The van der Waals surface area contributed by atoms with Gasteiger partial charge >= 0.3 is 18.0 Å². The molecule has 0 aromatic heterocycles. The Kier molecular flexibility index (Phi) is 3.91.